The van der Waals surface area contributed by atoms with E-state index in [9.17, 15) is 5.11 Å². The molecule has 124 valence electrons. The molecule has 1 aliphatic heterocycles. The number of hydrogen-bond donors (Lipinski definition) is 2. The van der Waals surface area contributed by atoms with Crippen molar-refractivity contribution in [2.75, 3.05) is 39.8 Å². The number of rotatable bonds is 7. The van der Waals surface area contributed by atoms with Crippen molar-refractivity contribution < 1.29 is 9.84 Å². The molecule has 0 aromatic heterocycles. The van der Waals surface area contributed by atoms with Gasteiger partial charge in [0.25, 0.3) is 0 Å². The molecule has 0 radical (unpaired) electrons. The average molecular weight is 306 g/mol. The van der Waals surface area contributed by atoms with Crippen molar-refractivity contribution in [3.05, 3.63) is 29.3 Å². The second kappa shape index (κ2) is 7.95. The van der Waals surface area contributed by atoms with Crippen LogP contribution in [0.5, 0.6) is 5.75 Å². The third kappa shape index (κ3) is 5.27. The van der Waals surface area contributed by atoms with Crippen molar-refractivity contribution in [1.29, 1.82) is 0 Å². The van der Waals surface area contributed by atoms with Gasteiger partial charge in [0, 0.05) is 19.6 Å². The maximum absolute atomic E-state index is 10.5. The van der Waals surface area contributed by atoms with Crippen molar-refractivity contribution in [2.24, 2.45) is 0 Å². The molecule has 2 rings (SSSR count). The summed E-state index contributed by atoms with van der Waals surface area (Å²) in [6.45, 7) is 8.28. The van der Waals surface area contributed by atoms with Gasteiger partial charge in [0.15, 0.2) is 0 Å². The predicted octanol–water partition coefficient (Wildman–Crippen LogP) is 2.12. The molecule has 0 spiro atoms. The molecule has 4 nitrogen and oxygen atoms in total. The zero-order valence-electron chi connectivity index (χ0n) is 14.2. The molecule has 1 aromatic rings. The van der Waals surface area contributed by atoms with Gasteiger partial charge in [-0.1, -0.05) is 17.7 Å². The molecule has 0 bridgehead atoms. The Balaban J connectivity index is 1.67. The number of ether oxygens (including phenoxy) is 1. The minimum atomic E-state index is -0.568. The number of likely N-dealkylation sites (N-methyl/N-ethyl adjacent to an activating group) is 1. The standard InChI is InChI=1S/C18H30N2O2/c1-15-6-7-17(16(2)12-15)22-11-5-10-20(3)14-18(21)8-4-9-19-13-18/h6-7,12,19,21H,4-5,8-11,13-14H2,1-3H3. The SMILES string of the molecule is Cc1ccc(OCCCN(C)CC2(O)CCCNC2)c(C)c1. The van der Waals surface area contributed by atoms with Gasteiger partial charge in [-0.05, 0) is 58.3 Å². The van der Waals surface area contributed by atoms with Crippen LogP contribution in [0, 0.1) is 13.8 Å². The molecule has 1 fully saturated rings. The molecule has 0 saturated carbocycles. The number of β-amino-alcohol motifs (C(OH)–C–C–N with tert-alkyl or cyclic N) is 1. The van der Waals surface area contributed by atoms with Gasteiger partial charge in [-0.3, -0.25) is 0 Å². The van der Waals surface area contributed by atoms with E-state index in [1.165, 1.54) is 11.1 Å². The van der Waals surface area contributed by atoms with E-state index in [0.717, 1.165) is 44.6 Å². The largest absolute Gasteiger partial charge is 0.493 e. The molecular formula is C18H30N2O2. The van der Waals surface area contributed by atoms with Crippen molar-refractivity contribution >= 4 is 0 Å². The van der Waals surface area contributed by atoms with E-state index < -0.39 is 5.60 Å². The summed E-state index contributed by atoms with van der Waals surface area (Å²) in [6, 6.07) is 6.28. The summed E-state index contributed by atoms with van der Waals surface area (Å²) < 4.78 is 5.86. The highest BCUT2D eigenvalue weighted by atomic mass is 16.5. The molecular weight excluding hydrogens is 276 g/mol. The molecule has 22 heavy (non-hydrogen) atoms. The van der Waals surface area contributed by atoms with Crippen LogP contribution in [-0.2, 0) is 0 Å². The minimum absolute atomic E-state index is 0.568. The lowest BCUT2D eigenvalue weighted by atomic mass is 9.94. The highest BCUT2D eigenvalue weighted by Crippen LogP contribution is 2.19. The third-order valence-electron chi connectivity index (χ3n) is 4.29. The third-order valence-corrected chi connectivity index (χ3v) is 4.29. The first-order valence-corrected chi connectivity index (χ1v) is 8.30. The first kappa shape index (κ1) is 17.3. The first-order valence-electron chi connectivity index (χ1n) is 8.30. The van der Waals surface area contributed by atoms with Crippen LogP contribution >= 0.6 is 0 Å². The van der Waals surface area contributed by atoms with Gasteiger partial charge >= 0.3 is 0 Å². The van der Waals surface area contributed by atoms with E-state index in [1.807, 2.05) is 6.07 Å². The van der Waals surface area contributed by atoms with Crippen LogP contribution in [-0.4, -0.2) is 55.4 Å². The Kier molecular flexibility index (Phi) is 6.24. The number of aliphatic hydroxyl groups is 1. The van der Waals surface area contributed by atoms with Crippen molar-refractivity contribution in [3.63, 3.8) is 0 Å². The highest BCUT2D eigenvalue weighted by Gasteiger charge is 2.30. The summed E-state index contributed by atoms with van der Waals surface area (Å²) in [7, 11) is 2.07. The predicted molar refractivity (Wildman–Crippen MR) is 90.6 cm³/mol. The minimum Gasteiger partial charge on any atom is -0.493 e. The maximum Gasteiger partial charge on any atom is 0.122 e. The molecule has 1 heterocycles. The quantitative estimate of drug-likeness (QED) is 0.758. The summed E-state index contributed by atoms with van der Waals surface area (Å²) >= 11 is 0. The van der Waals surface area contributed by atoms with Gasteiger partial charge in [-0.15, -0.1) is 0 Å². The summed E-state index contributed by atoms with van der Waals surface area (Å²) in [5.74, 6) is 0.975. The molecule has 1 aromatic carbocycles. The van der Waals surface area contributed by atoms with Gasteiger partial charge in [0.1, 0.15) is 5.75 Å². The van der Waals surface area contributed by atoms with Gasteiger partial charge < -0.3 is 20.1 Å². The fraction of sp³-hybridized carbons (Fsp3) is 0.667. The lowest BCUT2D eigenvalue weighted by Crippen LogP contribution is -2.52. The molecule has 1 aliphatic rings. The Morgan fingerprint density at radius 3 is 2.86 bits per heavy atom. The molecule has 0 aliphatic carbocycles. The summed E-state index contributed by atoms with van der Waals surface area (Å²) in [5, 5.41) is 13.8. The summed E-state index contributed by atoms with van der Waals surface area (Å²) in [4.78, 5) is 2.21. The zero-order valence-corrected chi connectivity index (χ0v) is 14.2. The van der Waals surface area contributed by atoms with Gasteiger partial charge in [0.05, 0.1) is 12.2 Å². The fourth-order valence-electron chi connectivity index (χ4n) is 3.15. The Hall–Kier alpha value is -1.10. The van der Waals surface area contributed by atoms with Crippen molar-refractivity contribution in [3.8, 4) is 5.75 Å². The van der Waals surface area contributed by atoms with Crippen molar-refractivity contribution in [2.45, 2.75) is 38.7 Å². The highest BCUT2D eigenvalue weighted by molar-refractivity contribution is 5.35. The fourth-order valence-corrected chi connectivity index (χ4v) is 3.15. The average Bonchev–Trinajstić information content (AvgIpc) is 2.45. The molecule has 4 heteroatoms. The monoisotopic (exact) mass is 306 g/mol. The number of hydrogen-bond acceptors (Lipinski definition) is 4. The number of nitrogens with one attached hydrogen (secondary N) is 1. The van der Waals surface area contributed by atoms with E-state index in [2.05, 4.69) is 43.2 Å². The van der Waals surface area contributed by atoms with Gasteiger partial charge in [0.2, 0.25) is 0 Å². The number of benzene rings is 1. The zero-order chi connectivity index (χ0) is 16.0. The van der Waals surface area contributed by atoms with Crippen LogP contribution in [0.3, 0.4) is 0 Å². The lowest BCUT2D eigenvalue weighted by Gasteiger charge is -2.36. The summed E-state index contributed by atoms with van der Waals surface area (Å²) in [5.41, 5.74) is 1.89. The van der Waals surface area contributed by atoms with Gasteiger partial charge in [-0.25, -0.2) is 0 Å². The second-order valence-corrected chi connectivity index (χ2v) is 6.71. The Bertz CT molecular complexity index is 470. The van der Waals surface area contributed by atoms with Crippen LogP contribution in [0.1, 0.15) is 30.4 Å². The van der Waals surface area contributed by atoms with Gasteiger partial charge in [-0.2, -0.15) is 0 Å². The van der Waals surface area contributed by atoms with Crippen LogP contribution in [0.15, 0.2) is 18.2 Å². The Labute approximate surface area is 134 Å². The molecule has 1 atom stereocenters. The topological polar surface area (TPSA) is 44.7 Å². The molecule has 1 unspecified atom stereocenters. The van der Waals surface area contributed by atoms with E-state index in [4.69, 9.17) is 4.74 Å². The smallest absolute Gasteiger partial charge is 0.122 e. The van der Waals surface area contributed by atoms with Crippen LogP contribution < -0.4 is 10.1 Å². The first-order chi connectivity index (χ1) is 10.5. The Morgan fingerprint density at radius 1 is 1.36 bits per heavy atom. The maximum atomic E-state index is 10.5. The molecule has 2 N–H and O–H groups in total. The number of aryl methyl sites for hydroxylation is 2. The lowest BCUT2D eigenvalue weighted by molar-refractivity contribution is -0.0103. The van der Waals surface area contributed by atoms with Crippen molar-refractivity contribution in [1.82, 2.24) is 10.2 Å². The van der Waals surface area contributed by atoms with E-state index in [-0.39, 0.29) is 0 Å². The molecule has 0 amide bonds. The van der Waals surface area contributed by atoms with E-state index in [0.29, 0.717) is 13.2 Å². The Morgan fingerprint density at radius 2 is 2.18 bits per heavy atom. The summed E-state index contributed by atoms with van der Waals surface area (Å²) in [6.07, 6.45) is 2.91. The van der Waals surface area contributed by atoms with E-state index in [1.54, 1.807) is 0 Å². The van der Waals surface area contributed by atoms with Crippen LogP contribution in [0.25, 0.3) is 0 Å². The van der Waals surface area contributed by atoms with Crippen LogP contribution in [0.4, 0.5) is 0 Å². The number of piperidine rings is 1. The van der Waals surface area contributed by atoms with Crippen LogP contribution in [0.2, 0.25) is 0 Å². The van der Waals surface area contributed by atoms with E-state index >= 15 is 0 Å². The second-order valence-electron chi connectivity index (χ2n) is 6.71. The normalized spacial score (nSPS) is 22.0. The number of nitrogens with zero attached hydrogens (tertiary/aromatic N) is 1. The molecule has 1 saturated heterocycles.